The highest BCUT2D eigenvalue weighted by atomic mass is 16.6. The summed E-state index contributed by atoms with van der Waals surface area (Å²) in [6, 6.07) is 18.2. The monoisotopic (exact) mass is 463 g/mol. The molecule has 0 radical (unpaired) electrons. The molecule has 0 bridgehead atoms. The van der Waals surface area contributed by atoms with Crippen LogP contribution in [0.4, 0.5) is 4.79 Å². The number of hydrogen-bond donors (Lipinski definition) is 1. The van der Waals surface area contributed by atoms with E-state index in [9.17, 15) is 4.79 Å². The van der Waals surface area contributed by atoms with E-state index in [2.05, 4.69) is 29.5 Å². The summed E-state index contributed by atoms with van der Waals surface area (Å²) >= 11 is 0. The number of ether oxygens (including phenoxy) is 2. The number of methoxy groups -OCH3 is 1. The summed E-state index contributed by atoms with van der Waals surface area (Å²) in [7, 11) is 1.66. The van der Waals surface area contributed by atoms with Gasteiger partial charge in [0.25, 0.3) is 0 Å². The standard InChI is InChI=1S/C27H33N3O4/c1-3-4-17-28-26(31)33-22-13-15-27(16-14-22,21-10-6-5-7-11-21)25-29-24(34-30-25)19-20-9-8-12-23(18-20)32-2/h5-12,18,22H,3-4,13-17,19H2,1-2H3,(H,28,31). The second kappa shape index (κ2) is 11.2. The van der Waals surface area contributed by atoms with Crippen LogP contribution in [0.5, 0.6) is 5.75 Å². The zero-order valence-corrected chi connectivity index (χ0v) is 20.0. The second-order valence-electron chi connectivity index (χ2n) is 8.87. The van der Waals surface area contributed by atoms with Crippen molar-refractivity contribution in [1.29, 1.82) is 0 Å². The zero-order chi connectivity index (χ0) is 23.8. The molecule has 0 atom stereocenters. The van der Waals surface area contributed by atoms with Crippen LogP contribution in [-0.2, 0) is 16.6 Å². The summed E-state index contributed by atoms with van der Waals surface area (Å²) in [5.41, 5.74) is 1.85. The molecule has 1 aliphatic carbocycles. The minimum Gasteiger partial charge on any atom is -0.497 e. The fraction of sp³-hybridized carbons (Fsp3) is 0.444. The molecule has 0 unspecified atom stereocenters. The number of amides is 1. The van der Waals surface area contributed by atoms with E-state index in [0.717, 1.165) is 55.4 Å². The van der Waals surface area contributed by atoms with Crippen molar-refractivity contribution in [2.24, 2.45) is 0 Å². The fourth-order valence-electron chi connectivity index (χ4n) is 4.64. The molecule has 7 heteroatoms. The summed E-state index contributed by atoms with van der Waals surface area (Å²) < 4.78 is 16.7. The lowest BCUT2D eigenvalue weighted by atomic mass is 9.68. The SMILES string of the molecule is CCCCNC(=O)OC1CCC(c2ccccc2)(c2noc(Cc3cccc(OC)c3)n2)CC1. The smallest absolute Gasteiger partial charge is 0.407 e. The molecule has 1 fully saturated rings. The van der Waals surface area contributed by atoms with E-state index < -0.39 is 0 Å². The minimum atomic E-state index is -0.365. The highest BCUT2D eigenvalue weighted by Gasteiger charge is 2.43. The Hall–Kier alpha value is -3.35. The highest BCUT2D eigenvalue weighted by Crippen LogP contribution is 2.44. The summed E-state index contributed by atoms with van der Waals surface area (Å²) in [5, 5.41) is 7.27. The van der Waals surface area contributed by atoms with E-state index in [4.69, 9.17) is 19.0 Å². The molecule has 1 saturated carbocycles. The number of aromatic nitrogens is 2. The third kappa shape index (κ3) is 5.58. The van der Waals surface area contributed by atoms with E-state index in [1.807, 2.05) is 42.5 Å². The van der Waals surface area contributed by atoms with Gasteiger partial charge in [0.2, 0.25) is 5.89 Å². The first-order chi connectivity index (χ1) is 16.6. The Morgan fingerprint density at radius 3 is 2.68 bits per heavy atom. The third-order valence-electron chi connectivity index (χ3n) is 6.57. The van der Waals surface area contributed by atoms with Crippen LogP contribution in [0.1, 0.15) is 68.3 Å². The second-order valence-corrected chi connectivity index (χ2v) is 8.87. The molecular weight excluding hydrogens is 430 g/mol. The number of nitrogens with zero attached hydrogens (tertiary/aromatic N) is 2. The van der Waals surface area contributed by atoms with Gasteiger partial charge in [-0.05, 0) is 55.4 Å². The predicted molar refractivity (Wildman–Crippen MR) is 129 cm³/mol. The average Bonchev–Trinajstić information content (AvgIpc) is 3.34. The molecule has 1 amide bonds. The van der Waals surface area contributed by atoms with Crippen LogP contribution in [0, 0.1) is 0 Å². The molecule has 4 rings (SSSR count). The maximum Gasteiger partial charge on any atom is 0.407 e. The molecular formula is C27H33N3O4. The maximum absolute atomic E-state index is 12.1. The number of nitrogens with one attached hydrogen (secondary N) is 1. The third-order valence-corrected chi connectivity index (χ3v) is 6.57. The van der Waals surface area contributed by atoms with Crippen molar-refractivity contribution in [3.63, 3.8) is 0 Å². The van der Waals surface area contributed by atoms with Crippen LogP contribution in [0.3, 0.4) is 0 Å². The Morgan fingerprint density at radius 1 is 1.15 bits per heavy atom. The normalized spacial score (nSPS) is 20.0. The van der Waals surface area contributed by atoms with E-state index in [0.29, 0.717) is 24.7 Å². The van der Waals surface area contributed by atoms with Gasteiger partial charge in [-0.3, -0.25) is 0 Å². The first-order valence-electron chi connectivity index (χ1n) is 12.1. The van der Waals surface area contributed by atoms with Gasteiger partial charge in [-0.1, -0.05) is 61.0 Å². The molecule has 1 aromatic heterocycles. The number of alkyl carbamates (subject to hydrolysis) is 1. The molecule has 1 aliphatic rings. The van der Waals surface area contributed by atoms with Gasteiger partial charge in [-0.2, -0.15) is 4.98 Å². The molecule has 1 N–H and O–H groups in total. The molecule has 7 nitrogen and oxygen atoms in total. The quantitative estimate of drug-likeness (QED) is 0.426. The van der Waals surface area contributed by atoms with Gasteiger partial charge in [0.05, 0.1) is 18.9 Å². The summed E-state index contributed by atoms with van der Waals surface area (Å²) in [4.78, 5) is 17.0. The Labute approximate surface area is 200 Å². The van der Waals surface area contributed by atoms with Gasteiger partial charge in [0.15, 0.2) is 5.82 Å². The topological polar surface area (TPSA) is 86.5 Å². The number of carbonyl (C=O) groups excluding carboxylic acids is 1. The molecule has 0 saturated heterocycles. The number of hydrogen-bond acceptors (Lipinski definition) is 6. The van der Waals surface area contributed by atoms with Crippen molar-refractivity contribution >= 4 is 6.09 Å². The molecule has 1 heterocycles. The molecule has 34 heavy (non-hydrogen) atoms. The van der Waals surface area contributed by atoms with Crippen molar-refractivity contribution in [3.05, 3.63) is 77.4 Å². The van der Waals surface area contributed by atoms with Crippen LogP contribution >= 0.6 is 0 Å². The van der Waals surface area contributed by atoms with E-state index in [-0.39, 0.29) is 17.6 Å². The minimum absolute atomic E-state index is 0.110. The fourth-order valence-corrected chi connectivity index (χ4v) is 4.64. The van der Waals surface area contributed by atoms with Crippen LogP contribution < -0.4 is 10.1 Å². The van der Waals surface area contributed by atoms with Gasteiger partial charge >= 0.3 is 6.09 Å². The van der Waals surface area contributed by atoms with Gasteiger partial charge in [-0.15, -0.1) is 0 Å². The van der Waals surface area contributed by atoms with Crippen molar-refractivity contribution in [1.82, 2.24) is 15.5 Å². The number of rotatable bonds is 9. The lowest BCUT2D eigenvalue weighted by Crippen LogP contribution is -2.39. The Balaban J connectivity index is 1.49. The first kappa shape index (κ1) is 23.8. The van der Waals surface area contributed by atoms with Crippen LogP contribution in [0.15, 0.2) is 59.1 Å². The Morgan fingerprint density at radius 2 is 1.94 bits per heavy atom. The van der Waals surface area contributed by atoms with Crippen LogP contribution in [0.25, 0.3) is 0 Å². The van der Waals surface area contributed by atoms with Gasteiger partial charge in [0, 0.05) is 6.54 Å². The number of benzene rings is 2. The predicted octanol–water partition coefficient (Wildman–Crippen LogP) is 5.42. The molecule has 2 aromatic carbocycles. The van der Waals surface area contributed by atoms with Crippen LogP contribution in [0.2, 0.25) is 0 Å². The Bertz CT molecular complexity index is 1060. The molecule has 0 spiro atoms. The Kier molecular flexibility index (Phi) is 7.83. The van der Waals surface area contributed by atoms with E-state index in [1.54, 1.807) is 7.11 Å². The number of unbranched alkanes of at least 4 members (excludes halogenated alkanes) is 1. The average molecular weight is 464 g/mol. The molecule has 3 aromatic rings. The van der Waals surface area contributed by atoms with Crippen molar-refractivity contribution in [2.75, 3.05) is 13.7 Å². The van der Waals surface area contributed by atoms with E-state index >= 15 is 0 Å². The van der Waals surface area contributed by atoms with E-state index in [1.165, 1.54) is 0 Å². The lowest BCUT2D eigenvalue weighted by Gasteiger charge is -2.38. The summed E-state index contributed by atoms with van der Waals surface area (Å²) in [6.45, 7) is 2.74. The van der Waals surface area contributed by atoms with Gasteiger partial charge in [0.1, 0.15) is 11.9 Å². The van der Waals surface area contributed by atoms with Crippen LogP contribution in [-0.4, -0.2) is 36.0 Å². The number of carbonyl (C=O) groups is 1. The lowest BCUT2D eigenvalue weighted by molar-refractivity contribution is 0.0615. The highest BCUT2D eigenvalue weighted by molar-refractivity contribution is 5.67. The molecule has 180 valence electrons. The van der Waals surface area contributed by atoms with Crippen molar-refractivity contribution < 1.29 is 18.8 Å². The van der Waals surface area contributed by atoms with Gasteiger partial charge in [-0.25, -0.2) is 4.79 Å². The maximum atomic E-state index is 12.1. The largest absolute Gasteiger partial charge is 0.497 e. The summed E-state index contributed by atoms with van der Waals surface area (Å²) in [5.74, 6) is 2.07. The molecule has 0 aliphatic heterocycles. The first-order valence-corrected chi connectivity index (χ1v) is 12.1. The van der Waals surface area contributed by atoms with Crippen molar-refractivity contribution in [2.45, 2.75) is 63.4 Å². The van der Waals surface area contributed by atoms with Crippen molar-refractivity contribution in [3.8, 4) is 5.75 Å². The zero-order valence-electron chi connectivity index (χ0n) is 20.0. The summed E-state index contributed by atoms with van der Waals surface area (Å²) in [6.07, 6.45) is 5.14. The van der Waals surface area contributed by atoms with Gasteiger partial charge < -0.3 is 19.3 Å².